The summed E-state index contributed by atoms with van der Waals surface area (Å²) in [6.07, 6.45) is 1.81. The molecule has 3 rings (SSSR count). The van der Waals surface area contributed by atoms with Crippen LogP contribution >= 0.6 is 0 Å². The molecular weight excluding hydrogens is 324 g/mol. The molecule has 25 heavy (non-hydrogen) atoms. The van der Waals surface area contributed by atoms with Crippen LogP contribution in [0.15, 0.2) is 60.8 Å². The van der Waals surface area contributed by atoms with E-state index in [4.69, 9.17) is 4.74 Å². The van der Waals surface area contributed by atoms with Gasteiger partial charge in [0.05, 0.1) is 6.20 Å². The SMILES string of the molecule is Fc1ccc(COc2ncc(F)c(NCCc3ccccc3)n2)cc1. The summed E-state index contributed by atoms with van der Waals surface area (Å²) in [6.45, 7) is 0.713. The second kappa shape index (κ2) is 8.19. The summed E-state index contributed by atoms with van der Waals surface area (Å²) < 4.78 is 32.1. The van der Waals surface area contributed by atoms with E-state index < -0.39 is 5.82 Å². The summed E-state index contributed by atoms with van der Waals surface area (Å²) in [4.78, 5) is 7.86. The fraction of sp³-hybridized carbons (Fsp3) is 0.158. The van der Waals surface area contributed by atoms with Gasteiger partial charge in [0.1, 0.15) is 12.4 Å². The van der Waals surface area contributed by atoms with Crippen molar-refractivity contribution in [2.75, 3.05) is 11.9 Å². The Bertz CT molecular complexity index is 811. The molecular formula is C19H17F2N3O. The highest BCUT2D eigenvalue weighted by Gasteiger charge is 2.08. The second-order valence-corrected chi connectivity index (χ2v) is 5.43. The van der Waals surface area contributed by atoms with E-state index in [-0.39, 0.29) is 24.3 Å². The quantitative estimate of drug-likeness (QED) is 0.706. The van der Waals surface area contributed by atoms with Crippen LogP contribution in [0.25, 0.3) is 0 Å². The van der Waals surface area contributed by atoms with Gasteiger partial charge in [-0.05, 0) is 29.7 Å². The van der Waals surface area contributed by atoms with Crippen molar-refractivity contribution in [2.24, 2.45) is 0 Å². The fourth-order valence-electron chi connectivity index (χ4n) is 2.24. The summed E-state index contributed by atoms with van der Waals surface area (Å²) in [7, 11) is 0. The first kappa shape index (κ1) is 16.8. The third-order valence-corrected chi connectivity index (χ3v) is 3.55. The molecule has 0 aliphatic carbocycles. The van der Waals surface area contributed by atoms with Crippen LogP contribution in [0, 0.1) is 11.6 Å². The number of hydrogen-bond donors (Lipinski definition) is 1. The van der Waals surface area contributed by atoms with E-state index in [9.17, 15) is 8.78 Å². The van der Waals surface area contributed by atoms with Crippen LogP contribution in [0.1, 0.15) is 11.1 Å². The van der Waals surface area contributed by atoms with Crippen molar-refractivity contribution in [3.8, 4) is 6.01 Å². The topological polar surface area (TPSA) is 47.0 Å². The Kier molecular flexibility index (Phi) is 5.51. The van der Waals surface area contributed by atoms with Gasteiger partial charge in [-0.2, -0.15) is 4.98 Å². The van der Waals surface area contributed by atoms with E-state index in [1.54, 1.807) is 12.1 Å². The van der Waals surface area contributed by atoms with Gasteiger partial charge in [0.15, 0.2) is 11.6 Å². The molecule has 2 aromatic carbocycles. The number of nitrogens with one attached hydrogen (secondary N) is 1. The van der Waals surface area contributed by atoms with Gasteiger partial charge in [-0.1, -0.05) is 42.5 Å². The minimum Gasteiger partial charge on any atom is -0.459 e. The maximum absolute atomic E-state index is 13.8. The number of halogens is 2. The van der Waals surface area contributed by atoms with Crippen LogP contribution in [-0.2, 0) is 13.0 Å². The van der Waals surface area contributed by atoms with E-state index in [1.165, 1.54) is 12.1 Å². The van der Waals surface area contributed by atoms with Crippen LogP contribution in [0.3, 0.4) is 0 Å². The first-order valence-electron chi connectivity index (χ1n) is 7.88. The molecule has 0 saturated heterocycles. The Morgan fingerprint density at radius 3 is 2.44 bits per heavy atom. The molecule has 6 heteroatoms. The number of anilines is 1. The largest absolute Gasteiger partial charge is 0.459 e. The van der Waals surface area contributed by atoms with Gasteiger partial charge in [-0.15, -0.1) is 0 Å². The van der Waals surface area contributed by atoms with Crippen molar-refractivity contribution in [3.05, 3.63) is 83.6 Å². The summed E-state index contributed by atoms with van der Waals surface area (Å²) in [5.41, 5.74) is 1.92. The zero-order valence-electron chi connectivity index (χ0n) is 13.5. The second-order valence-electron chi connectivity index (χ2n) is 5.43. The van der Waals surface area contributed by atoms with Gasteiger partial charge in [0.25, 0.3) is 0 Å². The molecule has 0 amide bonds. The van der Waals surface area contributed by atoms with Crippen molar-refractivity contribution in [3.63, 3.8) is 0 Å². The first-order chi connectivity index (χ1) is 12.2. The maximum Gasteiger partial charge on any atom is 0.318 e. The van der Waals surface area contributed by atoms with Gasteiger partial charge in [-0.3, -0.25) is 0 Å². The van der Waals surface area contributed by atoms with Crippen molar-refractivity contribution in [2.45, 2.75) is 13.0 Å². The summed E-state index contributed by atoms with van der Waals surface area (Å²) in [6, 6.07) is 15.9. The van der Waals surface area contributed by atoms with Crippen molar-refractivity contribution in [1.29, 1.82) is 0 Å². The van der Waals surface area contributed by atoms with Crippen LogP contribution in [-0.4, -0.2) is 16.5 Å². The number of hydrogen-bond acceptors (Lipinski definition) is 4. The summed E-state index contributed by atoms with van der Waals surface area (Å²) in [5, 5.41) is 2.95. The van der Waals surface area contributed by atoms with Gasteiger partial charge in [0, 0.05) is 6.54 Å². The van der Waals surface area contributed by atoms with Gasteiger partial charge < -0.3 is 10.1 Å². The number of aromatic nitrogens is 2. The Hall–Kier alpha value is -3.02. The molecule has 1 aromatic heterocycles. The van der Waals surface area contributed by atoms with Crippen molar-refractivity contribution in [1.82, 2.24) is 9.97 Å². The zero-order chi connectivity index (χ0) is 17.5. The molecule has 0 spiro atoms. The number of rotatable bonds is 7. The predicted octanol–water partition coefficient (Wildman–Crippen LogP) is 3.99. The average molecular weight is 341 g/mol. The molecule has 3 aromatic rings. The van der Waals surface area contributed by atoms with E-state index in [0.29, 0.717) is 6.54 Å². The lowest BCUT2D eigenvalue weighted by Gasteiger charge is -2.09. The Labute approximate surface area is 144 Å². The van der Waals surface area contributed by atoms with Crippen LogP contribution in [0.4, 0.5) is 14.6 Å². The molecule has 4 nitrogen and oxygen atoms in total. The number of ether oxygens (including phenoxy) is 1. The normalized spacial score (nSPS) is 10.5. The van der Waals surface area contributed by atoms with E-state index in [1.807, 2.05) is 30.3 Å². The molecule has 1 heterocycles. The smallest absolute Gasteiger partial charge is 0.318 e. The van der Waals surface area contributed by atoms with E-state index >= 15 is 0 Å². The van der Waals surface area contributed by atoms with Gasteiger partial charge >= 0.3 is 6.01 Å². The van der Waals surface area contributed by atoms with Gasteiger partial charge in [0.2, 0.25) is 0 Å². The molecule has 1 N–H and O–H groups in total. The molecule has 0 bridgehead atoms. The predicted molar refractivity (Wildman–Crippen MR) is 91.4 cm³/mol. The summed E-state index contributed by atoms with van der Waals surface area (Å²) >= 11 is 0. The monoisotopic (exact) mass is 341 g/mol. The highest BCUT2D eigenvalue weighted by molar-refractivity contribution is 5.36. The molecule has 0 radical (unpaired) electrons. The fourth-order valence-corrected chi connectivity index (χ4v) is 2.24. The zero-order valence-corrected chi connectivity index (χ0v) is 13.5. The highest BCUT2D eigenvalue weighted by Crippen LogP contribution is 2.15. The standard InChI is InChI=1S/C19H17F2N3O/c20-16-8-6-15(7-9-16)13-25-19-23-12-17(21)18(24-19)22-11-10-14-4-2-1-3-5-14/h1-9,12H,10-11,13H2,(H,22,23,24). The third-order valence-electron chi connectivity index (χ3n) is 3.55. The lowest BCUT2D eigenvalue weighted by Crippen LogP contribution is -2.10. The summed E-state index contributed by atoms with van der Waals surface area (Å²) in [5.74, 6) is -0.756. The third kappa shape index (κ3) is 4.97. The first-order valence-corrected chi connectivity index (χ1v) is 7.88. The lowest BCUT2D eigenvalue weighted by molar-refractivity contribution is 0.279. The average Bonchev–Trinajstić information content (AvgIpc) is 2.64. The molecule has 0 aliphatic heterocycles. The highest BCUT2D eigenvalue weighted by atomic mass is 19.1. The molecule has 0 saturated carbocycles. The molecule has 0 unspecified atom stereocenters. The lowest BCUT2D eigenvalue weighted by atomic mass is 10.1. The Balaban J connectivity index is 1.57. The van der Waals surface area contributed by atoms with E-state index in [2.05, 4.69) is 15.3 Å². The van der Waals surface area contributed by atoms with E-state index in [0.717, 1.165) is 23.7 Å². The van der Waals surface area contributed by atoms with Crippen LogP contribution in [0.5, 0.6) is 6.01 Å². The number of nitrogens with zero attached hydrogens (tertiary/aromatic N) is 2. The minimum absolute atomic E-state index is 0.0629. The molecule has 0 aliphatic rings. The Morgan fingerprint density at radius 2 is 1.68 bits per heavy atom. The minimum atomic E-state index is -0.540. The van der Waals surface area contributed by atoms with Crippen LogP contribution in [0.2, 0.25) is 0 Å². The number of benzene rings is 2. The molecule has 0 atom stereocenters. The molecule has 128 valence electrons. The van der Waals surface area contributed by atoms with Crippen molar-refractivity contribution >= 4 is 5.82 Å². The maximum atomic E-state index is 13.8. The van der Waals surface area contributed by atoms with Gasteiger partial charge in [-0.25, -0.2) is 13.8 Å². The van der Waals surface area contributed by atoms with Crippen LogP contribution < -0.4 is 10.1 Å². The molecule has 0 fully saturated rings. The Morgan fingerprint density at radius 1 is 0.920 bits per heavy atom. The van der Waals surface area contributed by atoms with Crippen molar-refractivity contribution < 1.29 is 13.5 Å².